The zero-order valence-corrected chi connectivity index (χ0v) is 18.4. The zero-order valence-electron chi connectivity index (χ0n) is 18.4. The van der Waals surface area contributed by atoms with Crippen molar-refractivity contribution in [2.75, 3.05) is 6.61 Å². The van der Waals surface area contributed by atoms with Gasteiger partial charge in [-0.25, -0.2) is 0 Å². The van der Waals surface area contributed by atoms with Crippen LogP contribution in [0.5, 0.6) is 0 Å². The molecule has 0 radical (unpaired) electrons. The Hall–Kier alpha value is -3.12. The first-order valence-electron chi connectivity index (χ1n) is 9.73. The Kier molecular flexibility index (Phi) is 9.09. The highest BCUT2D eigenvalue weighted by molar-refractivity contribution is 5.97. The number of benzene rings is 1. The van der Waals surface area contributed by atoms with Gasteiger partial charge in [0.25, 0.3) is 0 Å². The van der Waals surface area contributed by atoms with E-state index in [9.17, 15) is 10.1 Å². The Labute approximate surface area is 175 Å². The Bertz CT molecular complexity index is 936. The first-order chi connectivity index (χ1) is 13.7. The van der Waals surface area contributed by atoms with Crippen molar-refractivity contribution in [2.24, 2.45) is 0 Å². The summed E-state index contributed by atoms with van der Waals surface area (Å²) in [5, 5.41) is 9.25. The van der Waals surface area contributed by atoms with Crippen LogP contribution in [-0.4, -0.2) is 12.4 Å². The molecule has 0 aliphatic rings. The Morgan fingerprint density at radius 1 is 1.31 bits per heavy atom. The molecular weight excluding hydrogens is 358 g/mol. The van der Waals surface area contributed by atoms with Crippen LogP contribution in [-0.2, 0) is 9.53 Å². The van der Waals surface area contributed by atoms with Crippen LogP contribution >= 0.6 is 0 Å². The number of Topliss-reactive ketones (excluding diaryl/α,β-unsaturated/α-hetero) is 1. The van der Waals surface area contributed by atoms with Crippen molar-refractivity contribution >= 4 is 5.78 Å². The van der Waals surface area contributed by atoms with Crippen LogP contribution in [0, 0.1) is 18.3 Å². The van der Waals surface area contributed by atoms with Gasteiger partial charge in [0.1, 0.15) is 5.76 Å². The topological polar surface area (TPSA) is 50.1 Å². The molecule has 0 spiro atoms. The minimum atomic E-state index is -0.382. The van der Waals surface area contributed by atoms with Crippen molar-refractivity contribution in [1.29, 1.82) is 5.26 Å². The summed E-state index contributed by atoms with van der Waals surface area (Å²) in [6.07, 6.45) is 5.71. The van der Waals surface area contributed by atoms with E-state index in [4.69, 9.17) is 4.74 Å². The molecule has 0 amide bonds. The SMILES string of the molecule is C=C/C(C)=C(/C(C)=O)[C@H](/C(=C/C(C)=C\C)C(=C)OCC)c1ccc(C#N)cc1C. The van der Waals surface area contributed by atoms with Crippen molar-refractivity contribution < 1.29 is 9.53 Å². The molecule has 0 aliphatic carbocycles. The quantitative estimate of drug-likeness (QED) is 0.276. The molecule has 1 atom stereocenters. The van der Waals surface area contributed by atoms with Crippen molar-refractivity contribution in [3.63, 3.8) is 0 Å². The van der Waals surface area contributed by atoms with E-state index in [-0.39, 0.29) is 11.7 Å². The molecular formula is C26H31NO2. The number of ketones is 1. The van der Waals surface area contributed by atoms with Crippen LogP contribution in [0.25, 0.3) is 0 Å². The Morgan fingerprint density at radius 3 is 2.41 bits per heavy atom. The number of hydrogen-bond donors (Lipinski definition) is 0. The highest BCUT2D eigenvalue weighted by Gasteiger charge is 2.29. The normalized spacial score (nSPS) is 13.8. The Morgan fingerprint density at radius 2 is 1.97 bits per heavy atom. The van der Waals surface area contributed by atoms with Crippen molar-refractivity contribution in [3.05, 3.63) is 94.3 Å². The third-order valence-electron chi connectivity index (χ3n) is 4.90. The fourth-order valence-electron chi connectivity index (χ4n) is 3.28. The first-order valence-corrected chi connectivity index (χ1v) is 9.73. The number of ether oxygens (including phenoxy) is 1. The molecule has 1 aromatic carbocycles. The maximum Gasteiger partial charge on any atom is 0.157 e. The van der Waals surface area contributed by atoms with Crippen LogP contribution < -0.4 is 0 Å². The van der Waals surface area contributed by atoms with Gasteiger partial charge < -0.3 is 4.74 Å². The number of hydrogen-bond acceptors (Lipinski definition) is 3. The van der Waals surface area contributed by atoms with Crippen LogP contribution in [0.15, 0.2) is 77.6 Å². The van der Waals surface area contributed by atoms with E-state index in [0.29, 0.717) is 23.5 Å². The van der Waals surface area contributed by atoms with Gasteiger partial charge in [-0.15, -0.1) is 0 Å². The highest BCUT2D eigenvalue weighted by atomic mass is 16.5. The van der Waals surface area contributed by atoms with Crippen molar-refractivity contribution in [3.8, 4) is 6.07 Å². The third kappa shape index (κ3) is 5.93. The van der Waals surface area contributed by atoms with Gasteiger partial charge in [0.05, 0.1) is 18.2 Å². The van der Waals surface area contributed by atoms with Gasteiger partial charge in [-0.2, -0.15) is 5.26 Å². The van der Waals surface area contributed by atoms with E-state index < -0.39 is 0 Å². The monoisotopic (exact) mass is 389 g/mol. The lowest BCUT2D eigenvalue weighted by Gasteiger charge is -2.27. The number of aryl methyl sites for hydroxylation is 1. The fraction of sp³-hybridized carbons (Fsp3) is 0.308. The summed E-state index contributed by atoms with van der Waals surface area (Å²) >= 11 is 0. The molecule has 152 valence electrons. The van der Waals surface area contributed by atoms with Gasteiger partial charge in [-0.3, -0.25) is 4.79 Å². The van der Waals surface area contributed by atoms with E-state index in [0.717, 1.165) is 27.8 Å². The van der Waals surface area contributed by atoms with E-state index >= 15 is 0 Å². The number of rotatable bonds is 9. The largest absolute Gasteiger partial charge is 0.494 e. The second-order valence-corrected chi connectivity index (χ2v) is 6.96. The molecule has 0 saturated carbocycles. The number of nitriles is 1. The van der Waals surface area contributed by atoms with E-state index in [1.165, 1.54) is 0 Å². The van der Waals surface area contributed by atoms with Crippen LogP contribution in [0.4, 0.5) is 0 Å². The molecule has 0 fully saturated rings. The summed E-state index contributed by atoms with van der Waals surface area (Å²) in [4.78, 5) is 12.8. The molecule has 29 heavy (non-hydrogen) atoms. The highest BCUT2D eigenvalue weighted by Crippen LogP contribution is 2.40. The predicted octanol–water partition coefficient (Wildman–Crippen LogP) is 6.48. The van der Waals surface area contributed by atoms with E-state index in [1.54, 1.807) is 19.1 Å². The second kappa shape index (κ2) is 11.0. The van der Waals surface area contributed by atoms with Crippen molar-refractivity contribution in [1.82, 2.24) is 0 Å². The zero-order chi connectivity index (χ0) is 22.1. The summed E-state index contributed by atoms with van der Waals surface area (Å²) in [6, 6.07) is 7.70. The number of carbonyl (C=O) groups excluding carboxylic acids is 1. The minimum absolute atomic E-state index is 0.0375. The van der Waals surface area contributed by atoms with Crippen LogP contribution in [0.1, 0.15) is 57.2 Å². The molecule has 0 N–H and O–H groups in total. The molecule has 1 aromatic rings. The first kappa shape index (κ1) is 23.9. The molecule has 3 heteroatoms. The average molecular weight is 390 g/mol. The number of carbonyl (C=O) groups is 1. The fourth-order valence-corrected chi connectivity index (χ4v) is 3.28. The molecule has 0 saturated heterocycles. The lowest BCUT2D eigenvalue weighted by atomic mass is 9.77. The molecule has 0 unspecified atom stereocenters. The summed E-state index contributed by atoms with van der Waals surface area (Å²) in [5.74, 6) is 0.106. The van der Waals surface area contributed by atoms with Crippen LogP contribution in [0.3, 0.4) is 0 Å². The lowest BCUT2D eigenvalue weighted by Crippen LogP contribution is -2.17. The molecule has 0 aliphatic heterocycles. The summed E-state index contributed by atoms with van der Waals surface area (Å²) < 4.78 is 5.78. The minimum Gasteiger partial charge on any atom is -0.494 e. The van der Waals surface area contributed by atoms with Crippen LogP contribution in [0.2, 0.25) is 0 Å². The predicted molar refractivity (Wildman–Crippen MR) is 120 cm³/mol. The Balaban J connectivity index is 3.99. The average Bonchev–Trinajstić information content (AvgIpc) is 2.69. The number of allylic oxidation sites excluding steroid dienone is 7. The van der Waals surface area contributed by atoms with Gasteiger partial charge in [0.2, 0.25) is 0 Å². The molecule has 0 bridgehead atoms. The second-order valence-electron chi connectivity index (χ2n) is 6.96. The molecule has 0 aromatic heterocycles. The molecule has 1 rings (SSSR count). The molecule has 3 nitrogen and oxygen atoms in total. The van der Waals surface area contributed by atoms with E-state index in [1.807, 2.05) is 58.9 Å². The van der Waals surface area contributed by atoms with Gasteiger partial charge in [-0.1, -0.05) is 43.0 Å². The van der Waals surface area contributed by atoms with Gasteiger partial charge in [0, 0.05) is 17.1 Å². The maximum atomic E-state index is 12.8. The van der Waals surface area contributed by atoms with Crippen molar-refractivity contribution in [2.45, 2.75) is 47.5 Å². The van der Waals surface area contributed by atoms with Gasteiger partial charge in [-0.05, 0) is 70.4 Å². The summed E-state index contributed by atoms with van der Waals surface area (Å²) in [5.41, 5.74) is 5.75. The smallest absolute Gasteiger partial charge is 0.157 e. The van der Waals surface area contributed by atoms with Gasteiger partial charge in [0.15, 0.2) is 5.78 Å². The summed E-state index contributed by atoms with van der Waals surface area (Å²) in [7, 11) is 0. The maximum absolute atomic E-state index is 12.8. The summed E-state index contributed by atoms with van der Waals surface area (Å²) in [6.45, 7) is 19.8. The van der Waals surface area contributed by atoms with Gasteiger partial charge >= 0.3 is 0 Å². The third-order valence-corrected chi connectivity index (χ3v) is 4.90. The lowest BCUT2D eigenvalue weighted by molar-refractivity contribution is -0.113. The standard InChI is InChI=1S/C26H31NO2/c1-9-17(4)14-24(21(8)29-11-3)26(25(20(7)28)18(5)10-2)23-13-12-22(16-27)15-19(23)6/h9-10,12-15,26H,2,8,11H2,1,3-7H3/b17-9-,24-14+,25-18-/t26-/m0/s1. The molecule has 0 heterocycles. The number of nitrogens with zero attached hydrogens (tertiary/aromatic N) is 1. The van der Waals surface area contributed by atoms with E-state index in [2.05, 4.69) is 19.2 Å².